The van der Waals surface area contributed by atoms with E-state index in [2.05, 4.69) is 62.1 Å². The summed E-state index contributed by atoms with van der Waals surface area (Å²) in [5.74, 6) is 1.86. The molecule has 1 aliphatic rings. The van der Waals surface area contributed by atoms with Crippen LogP contribution in [0.4, 0.5) is 0 Å². The van der Waals surface area contributed by atoms with Crippen molar-refractivity contribution < 1.29 is 0 Å². The summed E-state index contributed by atoms with van der Waals surface area (Å²) in [6.45, 7) is 6.28. The molecule has 37 heavy (non-hydrogen) atoms. The van der Waals surface area contributed by atoms with Crippen LogP contribution in [-0.4, -0.2) is 26.6 Å². The summed E-state index contributed by atoms with van der Waals surface area (Å²) in [6, 6.07) is 22.0. The van der Waals surface area contributed by atoms with Gasteiger partial charge in [-0.3, -0.25) is 4.98 Å². The molecule has 1 aliphatic carbocycles. The summed E-state index contributed by atoms with van der Waals surface area (Å²) in [4.78, 5) is 18.8. The quantitative estimate of drug-likeness (QED) is 0.128. The molecule has 2 aromatic carbocycles. The van der Waals surface area contributed by atoms with Crippen LogP contribution in [0.15, 0.2) is 103 Å². The highest BCUT2D eigenvalue weighted by Gasteiger charge is 2.13. The van der Waals surface area contributed by atoms with Gasteiger partial charge in [0, 0.05) is 26.5 Å². The molecule has 0 bridgehead atoms. The van der Waals surface area contributed by atoms with E-state index in [0.29, 0.717) is 17.5 Å². The molecule has 186 valence electrons. The number of nitrogens with zero attached hydrogens (tertiary/aromatic N) is 4. The predicted molar refractivity (Wildman–Crippen MR) is 167 cm³/mol. The maximum Gasteiger partial charge on any atom is 0.165 e. The Balaban J connectivity index is 0.000000580. The van der Waals surface area contributed by atoms with Crippen molar-refractivity contribution in [2.24, 2.45) is 0 Å². The van der Waals surface area contributed by atoms with E-state index in [1.54, 1.807) is 6.20 Å². The zero-order valence-corrected chi connectivity index (χ0v) is 24.6. The van der Waals surface area contributed by atoms with E-state index >= 15 is 0 Å². The first-order chi connectivity index (χ1) is 18.2. The van der Waals surface area contributed by atoms with Gasteiger partial charge in [0.15, 0.2) is 17.5 Å². The second-order valence-corrected chi connectivity index (χ2v) is 9.07. The van der Waals surface area contributed by atoms with E-state index in [4.69, 9.17) is 15.0 Å². The fourth-order valence-electron chi connectivity index (χ4n) is 3.14. The van der Waals surface area contributed by atoms with E-state index in [-0.39, 0.29) is 0 Å². The Morgan fingerprint density at radius 1 is 0.730 bits per heavy atom. The Labute approximate surface area is 235 Å². The highest BCUT2D eigenvalue weighted by atomic mass is 127. The number of hydrogen-bond acceptors (Lipinski definition) is 4. The third kappa shape index (κ3) is 8.15. The number of rotatable bonds is 5. The first-order valence-electron chi connectivity index (χ1n) is 12.2. The van der Waals surface area contributed by atoms with Crippen LogP contribution in [0.1, 0.15) is 32.4 Å². The van der Waals surface area contributed by atoms with Gasteiger partial charge in [0.25, 0.3) is 0 Å². The average molecular weight is 616 g/mol. The van der Waals surface area contributed by atoms with Crippen LogP contribution in [0.3, 0.4) is 0 Å². The predicted octanol–water partition coefficient (Wildman–Crippen LogP) is 8.43. The number of aromatic nitrogens is 4. The molecule has 0 saturated carbocycles. The third-order valence-electron chi connectivity index (χ3n) is 5.22. The molecule has 0 radical (unpaired) electrons. The van der Waals surface area contributed by atoms with Crippen LogP contribution >= 0.6 is 31.8 Å². The van der Waals surface area contributed by atoms with Gasteiger partial charge in [-0.25, -0.2) is 15.0 Å². The second kappa shape index (κ2) is 15.1. The molecule has 4 aromatic rings. The Morgan fingerprint density at radius 2 is 1.30 bits per heavy atom. The molecule has 0 spiro atoms. The zero-order valence-electron chi connectivity index (χ0n) is 21.3. The van der Waals surface area contributed by atoms with Gasteiger partial charge in [-0.05, 0) is 59.0 Å². The first kappa shape index (κ1) is 28.4. The molecule has 4 nitrogen and oxygen atoms in total. The lowest BCUT2D eigenvalue weighted by molar-refractivity contribution is 0.886. The topological polar surface area (TPSA) is 51.6 Å². The lowest BCUT2D eigenvalue weighted by atomic mass is 10.1. The van der Waals surface area contributed by atoms with Crippen LogP contribution in [0.25, 0.3) is 39.7 Å². The average Bonchev–Trinajstić information content (AvgIpc) is 2.99. The number of unbranched alkanes of at least 4 members (excludes halogenated alkanes) is 1. The van der Waals surface area contributed by atoms with Gasteiger partial charge in [-0.15, -0.1) is 9.24 Å². The van der Waals surface area contributed by atoms with Crippen molar-refractivity contribution in [3.05, 3.63) is 112 Å². The molecule has 5 rings (SSSR count). The highest BCUT2D eigenvalue weighted by molar-refractivity contribution is 14.1. The Kier molecular flexibility index (Phi) is 11.6. The smallest absolute Gasteiger partial charge is 0.165 e. The molecule has 2 aromatic heterocycles. The van der Waals surface area contributed by atoms with Crippen LogP contribution in [0.2, 0.25) is 0 Å². The van der Waals surface area contributed by atoms with Crippen LogP contribution in [0, 0.1) is 3.57 Å². The molecular weight excluding hydrogens is 586 g/mol. The van der Waals surface area contributed by atoms with Crippen molar-refractivity contribution in [3.63, 3.8) is 0 Å². The van der Waals surface area contributed by atoms with Crippen LogP contribution < -0.4 is 0 Å². The maximum atomic E-state index is 4.75. The monoisotopic (exact) mass is 616 g/mol. The molecule has 0 saturated heterocycles. The lowest BCUT2D eigenvalue weighted by Gasteiger charge is -2.09. The number of halogens is 1. The fraction of sp³-hybridized carbons (Fsp3) is 0.161. The molecule has 2 heterocycles. The van der Waals surface area contributed by atoms with Gasteiger partial charge in [-0.2, -0.15) is 0 Å². The Morgan fingerprint density at radius 3 is 1.81 bits per heavy atom. The number of hydrogen-bond donors (Lipinski definition) is 0. The maximum absolute atomic E-state index is 4.75. The van der Waals surface area contributed by atoms with Gasteiger partial charge in [0.05, 0.1) is 11.3 Å². The van der Waals surface area contributed by atoms with E-state index in [9.17, 15) is 0 Å². The minimum atomic E-state index is 0.588. The van der Waals surface area contributed by atoms with Gasteiger partial charge in [0.1, 0.15) is 0 Å². The van der Waals surface area contributed by atoms with Crippen LogP contribution in [0.5, 0.6) is 0 Å². The largest absolute Gasteiger partial charge is 0.255 e. The van der Waals surface area contributed by atoms with Crippen molar-refractivity contribution >= 4 is 37.4 Å². The van der Waals surface area contributed by atoms with E-state index in [1.807, 2.05) is 91.6 Å². The van der Waals surface area contributed by atoms with E-state index < -0.39 is 0 Å². The number of benzene rings is 2. The van der Waals surface area contributed by atoms with E-state index in [0.717, 1.165) is 31.5 Å². The molecule has 1 atom stereocenters. The summed E-state index contributed by atoms with van der Waals surface area (Å²) < 4.78 is 1.16. The van der Waals surface area contributed by atoms with Crippen LogP contribution in [-0.2, 0) is 0 Å². The molecular formula is C31H30IN4P. The van der Waals surface area contributed by atoms with Crippen molar-refractivity contribution in [2.45, 2.75) is 26.7 Å². The number of pyridine rings is 1. The normalized spacial score (nSPS) is 11.1. The summed E-state index contributed by atoms with van der Waals surface area (Å²) in [6.07, 6.45) is 10.1. The van der Waals surface area contributed by atoms with E-state index in [1.165, 1.54) is 12.8 Å². The Bertz CT molecular complexity index is 1410. The summed E-state index contributed by atoms with van der Waals surface area (Å²) in [5, 5.41) is 0. The third-order valence-corrected chi connectivity index (χ3v) is 5.94. The van der Waals surface area contributed by atoms with Crippen molar-refractivity contribution in [1.82, 2.24) is 19.9 Å². The molecule has 0 amide bonds. The minimum Gasteiger partial charge on any atom is -0.255 e. The lowest BCUT2D eigenvalue weighted by Crippen LogP contribution is -2.00. The zero-order chi connectivity index (χ0) is 26.5. The molecule has 0 fully saturated rings. The molecule has 0 aliphatic heterocycles. The summed E-state index contributed by atoms with van der Waals surface area (Å²) in [5.41, 5.74) is 10.5. The fourth-order valence-corrected chi connectivity index (χ4v) is 3.50. The highest BCUT2D eigenvalue weighted by Crippen LogP contribution is 2.25. The van der Waals surface area contributed by atoms with Gasteiger partial charge < -0.3 is 0 Å². The Hall–Kier alpha value is -3.20. The minimum absolute atomic E-state index is 0.588. The molecule has 6 heteroatoms. The second-order valence-electron chi connectivity index (χ2n) is 7.82. The van der Waals surface area contributed by atoms with Crippen molar-refractivity contribution in [2.75, 3.05) is 6.66 Å². The first-order valence-corrected chi connectivity index (χ1v) is 14.4. The molecule has 1 unspecified atom stereocenters. The van der Waals surface area contributed by atoms with Gasteiger partial charge in [0.2, 0.25) is 0 Å². The summed E-state index contributed by atoms with van der Waals surface area (Å²) in [7, 11) is 2.42. The molecule has 0 N–H and O–H groups in total. The number of allylic oxidation sites excluding steroid dienone is 4. The van der Waals surface area contributed by atoms with Gasteiger partial charge in [-0.1, -0.05) is 93.4 Å². The van der Waals surface area contributed by atoms with Crippen molar-refractivity contribution in [1.29, 1.82) is 0 Å². The standard InChI is InChI=1S/C26H15IN4.C4H10.CH5P/c27-22-14-11-20(12-15-22)25-29-24(19-9-5-2-6-10-19)30-26(31-25)21-13-16-23(28-17-21)18-7-3-1-4-8-18;1-3-4-2;1-2/h1-3,5-7,9-17H;3-4H2,1-2H3;2H2,1H3. The van der Waals surface area contributed by atoms with Gasteiger partial charge >= 0.3 is 0 Å². The SMILES string of the molecule is CCCC.CP.Ic1ccc(-c2nc(-c3ccccc3)nc(-c3ccc(C4=C=C=CC=C4)nc3)n2)cc1. The van der Waals surface area contributed by atoms with Crippen molar-refractivity contribution in [3.8, 4) is 34.2 Å². The summed E-state index contributed by atoms with van der Waals surface area (Å²) >= 11 is 2.29.